The van der Waals surface area contributed by atoms with Crippen molar-refractivity contribution >= 4 is 70.0 Å². The number of carbonyl (C=O) groups excluding carboxylic acids is 2. The molecule has 0 saturated heterocycles. The van der Waals surface area contributed by atoms with Gasteiger partial charge in [0.1, 0.15) is 22.5 Å². The SMILES string of the molecule is Cc1ccc(S(=O)(=O)[O-])cc1.Cn1c(C=Cc2ccc(C=NNC(=O)c3ccc(C(=O)NN=Cc4ccc(C=Cc5c[n+]6ccccc6n5C)cc4)cc3)cc2)c[n+]2ccccc12. The molecule has 0 spiro atoms. The zero-order chi connectivity index (χ0) is 44.3. The first-order chi connectivity index (χ1) is 30.4. The van der Waals surface area contributed by atoms with Crippen LogP contribution in [0.1, 0.15) is 59.9 Å². The Balaban J connectivity index is 0.000000473. The van der Waals surface area contributed by atoms with Crippen LogP contribution in [0, 0.1) is 6.92 Å². The average Bonchev–Trinajstić information content (AvgIpc) is 3.80. The second-order valence-electron chi connectivity index (χ2n) is 14.4. The fourth-order valence-corrected chi connectivity index (χ4v) is 6.87. The molecular formula is C49H43N8O5S+. The Labute approximate surface area is 364 Å². The predicted molar refractivity (Wildman–Crippen MR) is 244 cm³/mol. The first kappa shape index (κ1) is 43.0. The number of hydrogen-bond donors (Lipinski definition) is 2. The van der Waals surface area contributed by atoms with Gasteiger partial charge in [-0.25, -0.2) is 37.2 Å². The number of benzene rings is 4. The molecule has 0 aliphatic heterocycles. The highest BCUT2D eigenvalue weighted by molar-refractivity contribution is 7.85. The van der Waals surface area contributed by atoms with Gasteiger partial charge in [-0.15, -0.1) is 0 Å². The van der Waals surface area contributed by atoms with E-state index in [4.69, 9.17) is 0 Å². The molecule has 4 aromatic carbocycles. The molecule has 63 heavy (non-hydrogen) atoms. The summed E-state index contributed by atoms with van der Waals surface area (Å²) in [7, 11) is -0.189. The van der Waals surface area contributed by atoms with Crippen molar-refractivity contribution in [2.45, 2.75) is 11.8 Å². The van der Waals surface area contributed by atoms with E-state index in [0.29, 0.717) is 11.1 Å². The molecule has 0 unspecified atom stereocenters. The molecule has 2 N–H and O–H groups in total. The molecular weight excluding hydrogens is 813 g/mol. The normalized spacial score (nSPS) is 11.8. The molecule has 0 aliphatic rings. The van der Waals surface area contributed by atoms with Crippen molar-refractivity contribution in [1.82, 2.24) is 20.0 Å². The summed E-state index contributed by atoms with van der Waals surface area (Å²) in [6.45, 7) is 1.82. The standard InChI is InChI=1S/C42H34N8O2.C7H8O3S/c1-47-37(29-49-25-5-3-7-39(47)49)23-17-31-9-13-33(14-10-31)27-43-45-41(51)35-19-21-36(22-20-35)42(52)46-44-28-34-15-11-32(12-16-34)18-24-38-30-50-26-6-4-8-40(50)48(38)2;1-6-2-4-7(5-3-6)11(8,9)10/h3-30H,1-2H3;2-5H,1H3,(H,8,9,10)/p+1. The zero-order valence-corrected chi connectivity index (χ0v) is 35.4. The number of nitrogens with one attached hydrogen (secondary N) is 2. The minimum atomic E-state index is -4.27. The predicted octanol–water partition coefficient (Wildman–Crippen LogP) is 6.61. The Hall–Kier alpha value is -8.07. The number of pyridine rings is 2. The first-order valence-corrected chi connectivity index (χ1v) is 21.1. The van der Waals surface area contributed by atoms with Gasteiger partial charge in [-0.3, -0.25) is 9.59 Å². The highest BCUT2D eigenvalue weighted by Gasteiger charge is 2.12. The number of amides is 2. The summed E-state index contributed by atoms with van der Waals surface area (Å²) >= 11 is 0. The van der Waals surface area contributed by atoms with Crippen molar-refractivity contribution < 1.29 is 31.4 Å². The quantitative estimate of drug-likeness (QED) is 0.0648. The number of nitrogens with zero attached hydrogens (tertiary/aromatic N) is 6. The van der Waals surface area contributed by atoms with Crippen molar-refractivity contribution in [3.63, 3.8) is 0 Å². The minimum absolute atomic E-state index is 0.178. The van der Waals surface area contributed by atoms with Crippen molar-refractivity contribution in [3.05, 3.63) is 209 Å². The number of aryl methyl sites for hydroxylation is 3. The van der Waals surface area contributed by atoms with Gasteiger partial charge in [0.05, 0.1) is 43.8 Å². The molecule has 4 heterocycles. The molecule has 314 valence electrons. The van der Waals surface area contributed by atoms with Gasteiger partial charge in [-0.2, -0.15) is 10.2 Å². The Morgan fingerprint density at radius 1 is 0.556 bits per heavy atom. The molecule has 0 fully saturated rings. The second-order valence-corrected chi connectivity index (χ2v) is 15.8. The number of rotatable bonds is 11. The maximum absolute atomic E-state index is 12.6. The molecule has 2 amide bonds. The summed E-state index contributed by atoms with van der Waals surface area (Å²) in [6, 6.07) is 40.0. The topological polar surface area (TPSA) is 158 Å². The highest BCUT2D eigenvalue weighted by atomic mass is 32.2. The molecule has 13 nitrogen and oxygen atoms in total. The van der Waals surface area contributed by atoms with Crippen LogP contribution >= 0.6 is 0 Å². The van der Waals surface area contributed by atoms with E-state index in [0.717, 1.165) is 50.5 Å². The fourth-order valence-electron chi connectivity index (χ4n) is 6.40. The van der Waals surface area contributed by atoms with Gasteiger partial charge in [0.15, 0.2) is 11.4 Å². The van der Waals surface area contributed by atoms with Crippen LogP contribution in [0.25, 0.3) is 35.6 Å². The van der Waals surface area contributed by atoms with Crippen LogP contribution in [-0.4, -0.2) is 46.3 Å². The van der Waals surface area contributed by atoms with Crippen LogP contribution in [0.2, 0.25) is 0 Å². The van der Waals surface area contributed by atoms with Gasteiger partial charge in [-0.1, -0.05) is 90.5 Å². The third-order valence-electron chi connectivity index (χ3n) is 9.98. The Bertz CT molecular complexity index is 2950. The highest BCUT2D eigenvalue weighted by Crippen LogP contribution is 2.13. The van der Waals surface area contributed by atoms with E-state index in [-0.39, 0.29) is 16.7 Å². The van der Waals surface area contributed by atoms with Crippen LogP contribution in [0.3, 0.4) is 0 Å². The molecule has 0 atom stereocenters. The van der Waals surface area contributed by atoms with Gasteiger partial charge in [0.2, 0.25) is 0 Å². The smallest absolute Gasteiger partial charge is 0.286 e. The first-order valence-electron chi connectivity index (χ1n) is 19.7. The van der Waals surface area contributed by atoms with Gasteiger partial charge >= 0.3 is 0 Å². The van der Waals surface area contributed by atoms with Crippen LogP contribution in [0.4, 0.5) is 0 Å². The summed E-state index contributed by atoms with van der Waals surface area (Å²) in [4.78, 5) is 25.1. The third kappa shape index (κ3) is 11.2. The fraction of sp³-hybridized carbons (Fsp3) is 0.0612. The van der Waals surface area contributed by atoms with Gasteiger partial charge in [0.25, 0.3) is 23.1 Å². The van der Waals surface area contributed by atoms with Gasteiger partial charge in [-0.05, 0) is 89.9 Å². The lowest BCUT2D eigenvalue weighted by atomic mass is 10.1. The van der Waals surface area contributed by atoms with E-state index < -0.39 is 10.1 Å². The zero-order valence-electron chi connectivity index (χ0n) is 34.6. The second kappa shape index (κ2) is 19.5. The molecule has 0 bridgehead atoms. The lowest BCUT2D eigenvalue weighted by Crippen LogP contribution is -2.19. The maximum Gasteiger partial charge on any atom is 0.286 e. The molecule has 4 aromatic heterocycles. The maximum atomic E-state index is 12.6. The number of fused-ring (bicyclic) bond motifs is 2. The van der Waals surface area contributed by atoms with Crippen LogP contribution in [-0.2, 0) is 24.2 Å². The number of aromatic nitrogens is 4. The van der Waals surface area contributed by atoms with Crippen LogP contribution in [0.5, 0.6) is 0 Å². The summed E-state index contributed by atoms with van der Waals surface area (Å²) in [6.07, 6.45) is 19.6. The molecule has 8 aromatic rings. The average molecular weight is 856 g/mol. The minimum Gasteiger partial charge on any atom is -0.744 e. The number of hydrogen-bond acceptors (Lipinski definition) is 7. The van der Waals surface area contributed by atoms with E-state index in [1.54, 1.807) is 48.8 Å². The van der Waals surface area contributed by atoms with E-state index in [1.807, 2.05) is 106 Å². The Morgan fingerprint density at radius 3 is 1.33 bits per heavy atom. The molecule has 0 aliphatic carbocycles. The lowest BCUT2D eigenvalue weighted by Gasteiger charge is -2.05. The van der Waals surface area contributed by atoms with Gasteiger partial charge in [0, 0.05) is 23.3 Å². The Kier molecular flexibility index (Phi) is 13.3. The Morgan fingerprint density at radius 2 is 0.952 bits per heavy atom. The molecule has 8 rings (SSSR count). The van der Waals surface area contributed by atoms with E-state index in [9.17, 15) is 22.6 Å². The van der Waals surface area contributed by atoms with Crippen molar-refractivity contribution in [2.75, 3.05) is 0 Å². The largest absolute Gasteiger partial charge is 0.744 e. The van der Waals surface area contributed by atoms with Crippen LogP contribution in [0.15, 0.2) is 173 Å². The van der Waals surface area contributed by atoms with E-state index in [2.05, 4.69) is 87.8 Å². The number of imidazole rings is 2. The summed E-state index contributed by atoms with van der Waals surface area (Å²) in [5, 5.41) is 8.18. The summed E-state index contributed by atoms with van der Waals surface area (Å²) in [5.74, 6) is -0.772. The van der Waals surface area contributed by atoms with Crippen LogP contribution < -0.4 is 19.7 Å². The van der Waals surface area contributed by atoms with E-state index in [1.165, 1.54) is 12.1 Å². The molecule has 0 saturated carbocycles. The van der Waals surface area contributed by atoms with Crippen molar-refractivity contribution in [3.8, 4) is 0 Å². The third-order valence-corrected chi connectivity index (χ3v) is 10.8. The van der Waals surface area contributed by atoms with E-state index >= 15 is 0 Å². The summed E-state index contributed by atoms with van der Waals surface area (Å²) in [5.41, 5.74) is 14.9. The molecule has 14 heteroatoms. The van der Waals surface area contributed by atoms with Crippen molar-refractivity contribution in [1.29, 1.82) is 0 Å². The van der Waals surface area contributed by atoms with Gasteiger partial charge < -0.3 is 4.55 Å². The molecule has 0 radical (unpaired) electrons. The summed E-state index contributed by atoms with van der Waals surface area (Å²) < 4.78 is 39.6. The number of carbonyl (C=O) groups is 2. The number of hydrazone groups is 2. The van der Waals surface area contributed by atoms with Crippen molar-refractivity contribution in [2.24, 2.45) is 24.3 Å². The monoisotopic (exact) mass is 855 g/mol. The lowest BCUT2D eigenvalue weighted by molar-refractivity contribution is -0.510.